The molecule has 0 radical (unpaired) electrons. The maximum atomic E-state index is 5.99. The quantitative estimate of drug-likeness (QED) is 0.797. The van der Waals surface area contributed by atoms with Crippen molar-refractivity contribution in [2.24, 2.45) is 0 Å². The van der Waals surface area contributed by atoms with Crippen LogP contribution in [0.3, 0.4) is 0 Å². The van der Waals surface area contributed by atoms with Crippen LogP contribution >= 0.6 is 27.5 Å². The van der Waals surface area contributed by atoms with Crippen molar-refractivity contribution >= 4 is 27.5 Å². The van der Waals surface area contributed by atoms with Gasteiger partial charge in [-0.25, -0.2) is 4.98 Å². The Hall–Kier alpha value is -1.13. The van der Waals surface area contributed by atoms with Gasteiger partial charge in [-0.3, -0.25) is 0 Å². The lowest BCUT2D eigenvalue weighted by Gasteiger charge is -2.10. The van der Waals surface area contributed by atoms with Crippen molar-refractivity contribution in [3.05, 3.63) is 50.8 Å². The molecule has 0 aliphatic rings. The molecule has 0 saturated carbocycles. The molecule has 0 unspecified atom stereocenters. The summed E-state index contributed by atoms with van der Waals surface area (Å²) in [5, 5.41) is 0.435. The maximum Gasteiger partial charge on any atom is 0.221 e. The van der Waals surface area contributed by atoms with E-state index in [1.807, 2.05) is 31.2 Å². The molecule has 0 atom stereocenters. The van der Waals surface area contributed by atoms with Crippen LogP contribution in [-0.4, -0.2) is 9.97 Å². The van der Waals surface area contributed by atoms with Gasteiger partial charge >= 0.3 is 0 Å². The van der Waals surface area contributed by atoms with Crippen molar-refractivity contribution in [1.29, 1.82) is 0 Å². The van der Waals surface area contributed by atoms with E-state index in [9.17, 15) is 0 Å². The topological polar surface area (TPSA) is 35.0 Å². The normalized spacial score (nSPS) is 10.4. The molecule has 2 aromatic rings. The molecule has 1 heterocycles. The lowest BCUT2D eigenvalue weighted by atomic mass is 10.2. The van der Waals surface area contributed by atoms with E-state index in [-0.39, 0.29) is 0 Å². The predicted molar refractivity (Wildman–Crippen MR) is 75.0 cm³/mol. The summed E-state index contributed by atoms with van der Waals surface area (Å²) in [5.74, 6) is 1.14. The van der Waals surface area contributed by atoms with Crippen LogP contribution in [0.2, 0.25) is 5.15 Å². The van der Waals surface area contributed by atoms with E-state index in [0.29, 0.717) is 23.5 Å². The smallest absolute Gasteiger partial charge is 0.221 e. The second-order valence-corrected chi connectivity index (χ2v) is 5.08. The predicted octanol–water partition coefficient (Wildman–Crippen LogP) is 4.09. The molecule has 0 aliphatic carbocycles. The van der Waals surface area contributed by atoms with Crippen LogP contribution in [-0.2, 0) is 6.61 Å². The molecule has 0 spiro atoms. The highest BCUT2D eigenvalue weighted by Crippen LogP contribution is 2.24. The van der Waals surface area contributed by atoms with E-state index in [2.05, 4.69) is 25.9 Å². The average Bonchev–Trinajstić information content (AvgIpc) is 2.33. The number of aryl methyl sites for hydroxylation is 1. The number of aromatic nitrogens is 2. The molecule has 2 rings (SSSR count). The Morgan fingerprint density at radius 3 is 2.67 bits per heavy atom. The van der Waals surface area contributed by atoms with Crippen molar-refractivity contribution in [3.8, 4) is 5.88 Å². The summed E-state index contributed by atoms with van der Waals surface area (Å²) in [7, 11) is 0. The van der Waals surface area contributed by atoms with Gasteiger partial charge in [0.25, 0.3) is 0 Å². The number of ether oxygens (including phenoxy) is 1. The molecule has 1 aromatic heterocycles. The fraction of sp³-hybridized carbons (Fsp3) is 0.231. The van der Waals surface area contributed by atoms with Gasteiger partial charge in [-0.2, -0.15) is 4.98 Å². The summed E-state index contributed by atoms with van der Waals surface area (Å²) in [6.07, 6.45) is 0. The Labute approximate surface area is 119 Å². The Morgan fingerprint density at radius 1 is 1.22 bits per heavy atom. The first kappa shape index (κ1) is 13.3. The number of halogens is 2. The molecule has 0 aliphatic heterocycles. The highest BCUT2D eigenvalue weighted by atomic mass is 79.9. The van der Waals surface area contributed by atoms with Crippen molar-refractivity contribution in [2.75, 3.05) is 0 Å². The van der Waals surface area contributed by atoms with Gasteiger partial charge in [0.05, 0.1) is 0 Å². The monoisotopic (exact) mass is 326 g/mol. The van der Waals surface area contributed by atoms with Crippen LogP contribution in [0.1, 0.15) is 17.0 Å². The van der Waals surface area contributed by atoms with Gasteiger partial charge in [0.15, 0.2) is 0 Å². The second kappa shape index (κ2) is 5.67. The zero-order valence-electron chi connectivity index (χ0n) is 10.1. The fourth-order valence-corrected chi connectivity index (χ4v) is 2.07. The zero-order valence-corrected chi connectivity index (χ0v) is 12.4. The Bertz CT molecular complexity index is 575. The van der Waals surface area contributed by atoms with E-state index in [1.165, 1.54) is 0 Å². The third-order valence-electron chi connectivity index (χ3n) is 2.48. The third kappa shape index (κ3) is 3.00. The standard InChI is InChI=1S/C13H12BrClN2O/c1-8-12(15)16-9(2)17-13(8)18-7-10-5-3-4-6-11(10)14/h3-6H,7H2,1-2H3. The molecule has 94 valence electrons. The molecule has 0 amide bonds. The van der Waals surface area contributed by atoms with Crippen molar-refractivity contribution < 1.29 is 4.74 Å². The van der Waals surface area contributed by atoms with Crippen LogP contribution < -0.4 is 4.74 Å². The molecular formula is C13H12BrClN2O. The Kier molecular flexibility index (Phi) is 4.19. The van der Waals surface area contributed by atoms with E-state index in [1.54, 1.807) is 6.92 Å². The van der Waals surface area contributed by atoms with E-state index in [4.69, 9.17) is 16.3 Å². The average molecular weight is 328 g/mol. The first-order valence-electron chi connectivity index (χ1n) is 5.45. The van der Waals surface area contributed by atoms with Gasteiger partial charge < -0.3 is 4.74 Å². The van der Waals surface area contributed by atoms with Crippen LogP contribution in [0.4, 0.5) is 0 Å². The molecule has 0 saturated heterocycles. The Balaban J connectivity index is 2.18. The molecule has 18 heavy (non-hydrogen) atoms. The van der Waals surface area contributed by atoms with Gasteiger partial charge in [0, 0.05) is 15.6 Å². The highest BCUT2D eigenvalue weighted by molar-refractivity contribution is 9.10. The van der Waals surface area contributed by atoms with Crippen LogP contribution in [0.5, 0.6) is 5.88 Å². The lowest BCUT2D eigenvalue weighted by Crippen LogP contribution is -2.02. The molecule has 0 N–H and O–H groups in total. The number of hydrogen-bond acceptors (Lipinski definition) is 3. The van der Waals surface area contributed by atoms with Gasteiger partial charge in [0.1, 0.15) is 17.6 Å². The number of rotatable bonds is 3. The van der Waals surface area contributed by atoms with Gasteiger partial charge in [-0.1, -0.05) is 45.7 Å². The number of hydrogen-bond donors (Lipinski definition) is 0. The molecule has 0 fully saturated rings. The molecular weight excluding hydrogens is 316 g/mol. The summed E-state index contributed by atoms with van der Waals surface area (Å²) in [4.78, 5) is 8.32. The first-order valence-corrected chi connectivity index (χ1v) is 6.62. The van der Waals surface area contributed by atoms with E-state index >= 15 is 0 Å². The summed E-state index contributed by atoms with van der Waals surface area (Å²) < 4.78 is 6.71. The SMILES string of the molecule is Cc1nc(Cl)c(C)c(OCc2ccccc2Br)n1. The minimum absolute atomic E-state index is 0.435. The van der Waals surface area contributed by atoms with Gasteiger partial charge in [0.2, 0.25) is 5.88 Å². The van der Waals surface area contributed by atoms with Gasteiger partial charge in [-0.05, 0) is 19.9 Å². The summed E-state index contributed by atoms with van der Waals surface area (Å²) in [6, 6.07) is 7.90. The van der Waals surface area contributed by atoms with Crippen LogP contribution in [0.15, 0.2) is 28.7 Å². The van der Waals surface area contributed by atoms with E-state index in [0.717, 1.165) is 15.6 Å². The molecule has 0 bridgehead atoms. The van der Waals surface area contributed by atoms with Crippen LogP contribution in [0, 0.1) is 13.8 Å². The summed E-state index contributed by atoms with van der Waals surface area (Å²) in [6.45, 7) is 4.07. The first-order chi connectivity index (χ1) is 8.58. The van der Waals surface area contributed by atoms with E-state index < -0.39 is 0 Å². The number of benzene rings is 1. The van der Waals surface area contributed by atoms with Crippen molar-refractivity contribution in [3.63, 3.8) is 0 Å². The van der Waals surface area contributed by atoms with Crippen LogP contribution in [0.25, 0.3) is 0 Å². The molecule has 3 nitrogen and oxygen atoms in total. The lowest BCUT2D eigenvalue weighted by molar-refractivity contribution is 0.289. The van der Waals surface area contributed by atoms with Crippen molar-refractivity contribution in [1.82, 2.24) is 9.97 Å². The highest BCUT2D eigenvalue weighted by Gasteiger charge is 2.09. The second-order valence-electron chi connectivity index (χ2n) is 3.87. The summed E-state index contributed by atoms with van der Waals surface area (Å²) >= 11 is 9.47. The van der Waals surface area contributed by atoms with Gasteiger partial charge in [-0.15, -0.1) is 0 Å². The fourth-order valence-electron chi connectivity index (χ4n) is 1.47. The molecule has 1 aromatic carbocycles. The zero-order chi connectivity index (χ0) is 13.1. The third-order valence-corrected chi connectivity index (χ3v) is 3.62. The minimum atomic E-state index is 0.435. The largest absolute Gasteiger partial charge is 0.472 e. The van der Waals surface area contributed by atoms with Crippen molar-refractivity contribution in [2.45, 2.75) is 20.5 Å². The number of nitrogens with zero attached hydrogens (tertiary/aromatic N) is 2. The minimum Gasteiger partial charge on any atom is -0.472 e. The summed E-state index contributed by atoms with van der Waals surface area (Å²) in [5.41, 5.74) is 1.82. The maximum absolute atomic E-state index is 5.99. The Morgan fingerprint density at radius 2 is 1.94 bits per heavy atom. The molecule has 5 heteroatoms.